The van der Waals surface area contributed by atoms with Gasteiger partial charge in [-0.05, 0) is 97.5 Å². The lowest BCUT2D eigenvalue weighted by Crippen LogP contribution is -2.50. The van der Waals surface area contributed by atoms with E-state index in [1.165, 1.54) is 5.57 Å². The summed E-state index contributed by atoms with van der Waals surface area (Å²) in [7, 11) is 1.67. The maximum atomic E-state index is 13.5. The molecule has 0 unspecified atom stereocenters. The minimum Gasteiger partial charge on any atom is -0.497 e. The first-order valence-electron chi connectivity index (χ1n) is 11.6. The minimum absolute atomic E-state index is 0.165. The summed E-state index contributed by atoms with van der Waals surface area (Å²) < 4.78 is 5.26. The smallest absolute Gasteiger partial charge is 0.165 e. The van der Waals surface area contributed by atoms with Crippen LogP contribution in [0.1, 0.15) is 64.4 Å². The van der Waals surface area contributed by atoms with Crippen LogP contribution in [0.2, 0.25) is 0 Å². The number of methoxy groups -OCH3 is 1. The zero-order valence-electron chi connectivity index (χ0n) is 18.5. The Bertz CT molecular complexity index is 911. The highest BCUT2D eigenvalue weighted by atomic mass is 16.5. The molecule has 3 nitrogen and oxygen atoms in total. The zero-order chi connectivity index (χ0) is 21.1. The molecule has 0 bridgehead atoms. The van der Waals surface area contributed by atoms with Gasteiger partial charge in [-0.2, -0.15) is 0 Å². The average Bonchev–Trinajstić information content (AvgIpc) is 3.00. The Hall–Kier alpha value is -1.87. The van der Waals surface area contributed by atoms with Crippen LogP contribution < -0.4 is 4.74 Å². The summed E-state index contributed by atoms with van der Waals surface area (Å²) in [6.07, 6.45) is 11.4. The molecule has 3 fully saturated rings. The first-order valence-corrected chi connectivity index (χ1v) is 11.6. The largest absolute Gasteiger partial charge is 0.497 e. The number of carbonyl (C=O) groups excluding carboxylic acids is 1. The Morgan fingerprint density at radius 3 is 2.50 bits per heavy atom. The van der Waals surface area contributed by atoms with Gasteiger partial charge in [0.05, 0.1) is 13.2 Å². The molecule has 1 aromatic rings. The van der Waals surface area contributed by atoms with E-state index in [4.69, 9.17) is 4.74 Å². The molecule has 0 aromatic heterocycles. The lowest BCUT2D eigenvalue weighted by molar-refractivity contribution is -0.130. The summed E-state index contributed by atoms with van der Waals surface area (Å²) in [4.78, 5) is 13.5. The molecule has 0 heterocycles. The van der Waals surface area contributed by atoms with Gasteiger partial charge in [0.2, 0.25) is 0 Å². The van der Waals surface area contributed by atoms with Crippen molar-refractivity contribution >= 4 is 11.9 Å². The predicted molar refractivity (Wildman–Crippen MR) is 119 cm³/mol. The lowest BCUT2D eigenvalue weighted by Gasteiger charge is -2.56. The Balaban J connectivity index is 1.45. The Kier molecular flexibility index (Phi) is 4.74. The van der Waals surface area contributed by atoms with Crippen LogP contribution in [0, 0.1) is 28.6 Å². The van der Waals surface area contributed by atoms with E-state index >= 15 is 0 Å². The summed E-state index contributed by atoms with van der Waals surface area (Å²) in [6.45, 7) is 4.67. The van der Waals surface area contributed by atoms with Crippen molar-refractivity contribution in [3.63, 3.8) is 0 Å². The number of carbonyl (C=O) groups is 1. The Morgan fingerprint density at radius 1 is 1.03 bits per heavy atom. The lowest BCUT2D eigenvalue weighted by atomic mass is 9.48. The molecule has 1 N–H and O–H groups in total. The third kappa shape index (κ3) is 2.92. The van der Waals surface area contributed by atoms with Gasteiger partial charge in [-0.25, -0.2) is 0 Å². The van der Waals surface area contributed by atoms with Gasteiger partial charge in [-0.3, -0.25) is 4.79 Å². The van der Waals surface area contributed by atoms with Gasteiger partial charge in [0, 0.05) is 5.41 Å². The number of allylic oxidation sites excluding steroid dienone is 2. The van der Waals surface area contributed by atoms with Crippen LogP contribution in [0.15, 0.2) is 41.5 Å². The van der Waals surface area contributed by atoms with Gasteiger partial charge >= 0.3 is 0 Å². The van der Waals surface area contributed by atoms with Crippen molar-refractivity contribution in [3.8, 4) is 5.75 Å². The van der Waals surface area contributed by atoms with Gasteiger partial charge in [-0.1, -0.05) is 37.6 Å². The van der Waals surface area contributed by atoms with Crippen LogP contribution in [0.4, 0.5) is 0 Å². The minimum atomic E-state index is -0.213. The molecule has 160 valence electrons. The van der Waals surface area contributed by atoms with E-state index in [1.54, 1.807) is 7.11 Å². The SMILES string of the molecule is COc1ccc(/C=C2\C[C@@H]3[C@@H]4CC=C5C[C@H](O)CC[C@]5(C)[C@H]4CC[C@@]3(C)C2=O)cc1. The zero-order valence-corrected chi connectivity index (χ0v) is 18.5. The number of hydrogen-bond acceptors (Lipinski definition) is 3. The van der Waals surface area contributed by atoms with Crippen LogP contribution in [0.3, 0.4) is 0 Å². The van der Waals surface area contributed by atoms with E-state index in [2.05, 4.69) is 26.0 Å². The fraction of sp³-hybridized carbons (Fsp3) is 0.593. The summed E-state index contributed by atoms with van der Waals surface area (Å²) in [6, 6.07) is 8.00. The number of Topliss-reactive ketones (excluding diaryl/α,β-unsaturated/α-hetero) is 1. The second-order valence-corrected chi connectivity index (χ2v) is 10.6. The third-order valence-electron chi connectivity index (χ3n) is 9.17. The average molecular weight is 407 g/mol. The van der Waals surface area contributed by atoms with E-state index in [1.807, 2.05) is 24.3 Å². The standard InChI is InChI=1S/C27H34O3/c1-26-12-10-20(28)16-19(26)6-9-22-23(26)11-13-27(2)24(22)15-18(25(27)29)14-17-4-7-21(30-3)8-5-17/h4-8,14,20,22-24,28H,9-13,15-16H2,1-3H3/b18-14+/t20-,22-,23+,24-,26+,27-/m1/s1. The van der Waals surface area contributed by atoms with Gasteiger partial charge < -0.3 is 9.84 Å². The highest BCUT2D eigenvalue weighted by Crippen LogP contribution is 2.64. The van der Waals surface area contributed by atoms with Crippen LogP contribution in [0.5, 0.6) is 5.75 Å². The molecule has 4 aliphatic carbocycles. The fourth-order valence-electron chi connectivity index (χ4n) is 7.34. The number of ketones is 1. The molecule has 0 spiro atoms. The summed E-state index contributed by atoms with van der Waals surface area (Å²) in [5.41, 5.74) is 3.58. The molecular weight excluding hydrogens is 372 g/mol. The first kappa shape index (κ1) is 20.1. The van der Waals surface area contributed by atoms with Crippen LogP contribution in [0.25, 0.3) is 6.08 Å². The number of ether oxygens (including phenoxy) is 1. The second kappa shape index (κ2) is 7.09. The third-order valence-corrected chi connectivity index (χ3v) is 9.17. The first-order chi connectivity index (χ1) is 14.3. The molecule has 6 atom stereocenters. The molecule has 4 aliphatic rings. The van der Waals surface area contributed by atoms with Crippen LogP contribution in [-0.4, -0.2) is 24.1 Å². The topological polar surface area (TPSA) is 46.5 Å². The number of aliphatic hydroxyl groups excluding tert-OH is 1. The van der Waals surface area contributed by atoms with E-state index in [9.17, 15) is 9.90 Å². The van der Waals surface area contributed by atoms with E-state index < -0.39 is 0 Å². The van der Waals surface area contributed by atoms with Gasteiger partial charge in [0.15, 0.2) is 5.78 Å². The number of rotatable bonds is 2. The molecular formula is C27H34O3. The van der Waals surface area contributed by atoms with Crippen molar-refractivity contribution in [2.45, 2.75) is 64.9 Å². The maximum absolute atomic E-state index is 13.5. The van der Waals surface area contributed by atoms with Crippen molar-refractivity contribution in [1.29, 1.82) is 0 Å². The second-order valence-electron chi connectivity index (χ2n) is 10.6. The van der Waals surface area contributed by atoms with Gasteiger partial charge in [0.1, 0.15) is 5.75 Å². The van der Waals surface area contributed by atoms with Crippen molar-refractivity contribution in [3.05, 3.63) is 47.1 Å². The van der Waals surface area contributed by atoms with E-state index in [0.717, 1.165) is 61.8 Å². The molecule has 0 aliphatic heterocycles. The highest BCUT2D eigenvalue weighted by Gasteiger charge is 2.59. The van der Waals surface area contributed by atoms with Crippen molar-refractivity contribution in [2.24, 2.45) is 28.6 Å². The van der Waals surface area contributed by atoms with E-state index in [0.29, 0.717) is 23.5 Å². The fourth-order valence-corrected chi connectivity index (χ4v) is 7.34. The van der Waals surface area contributed by atoms with Crippen molar-refractivity contribution < 1.29 is 14.6 Å². The summed E-state index contributed by atoms with van der Waals surface area (Å²) in [5.74, 6) is 2.89. The molecule has 1 aromatic carbocycles. The molecule has 0 amide bonds. The highest BCUT2D eigenvalue weighted by molar-refractivity contribution is 6.05. The maximum Gasteiger partial charge on any atom is 0.165 e. The molecule has 3 heteroatoms. The van der Waals surface area contributed by atoms with Crippen LogP contribution >= 0.6 is 0 Å². The quantitative estimate of drug-likeness (QED) is 0.515. The number of aliphatic hydroxyl groups is 1. The van der Waals surface area contributed by atoms with Gasteiger partial charge in [-0.15, -0.1) is 0 Å². The monoisotopic (exact) mass is 406 g/mol. The normalized spacial score (nSPS) is 41.7. The number of benzene rings is 1. The molecule has 3 saturated carbocycles. The molecule has 30 heavy (non-hydrogen) atoms. The Labute approximate surface area is 180 Å². The Morgan fingerprint density at radius 2 is 1.77 bits per heavy atom. The molecule has 5 rings (SSSR count). The molecule has 0 radical (unpaired) electrons. The van der Waals surface area contributed by atoms with Crippen molar-refractivity contribution in [1.82, 2.24) is 0 Å². The van der Waals surface area contributed by atoms with Crippen molar-refractivity contribution in [2.75, 3.05) is 7.11 Å². The summed E-state index contributed by atoms with van der Waals surface area (Å²) in [5, 5.41) is 10.2. The van der Waals surface area contributed by atoms with Gasteiger partial charge in [0.25, 0.3) is 0 Å². The predicted octanol–water partition coefficient (Wildman–Crippen LogP) is 5.58. The molecule has 0 saturated heterocycles. The van der Waals surface area contributed by atoms with E-state index in [-0.39, 0.29) is 16.9 Å². The van der Waals surface area contributed by atoms with Crippen LogP contribution in [-0.2, 0) is 4.79 Å². The summed E-state index contributed by atoms with van der Waals surface area (Å²) >= 11 is 0. The number of hydrogen-bond donors (Lipinski definition) is 1. The number of fused-ring (bicyclic) bond motifs is 5.